The van der Waals surface area contributed by atoms with Crippen molar-refractivity contribution in [1.29, 1.82) is 0 Å². The van der Waals surface area contributed by atoms with Gasteiger partial charge in [-0.2, -0.15) is 11.8 Å². The van der Waals surface area contributed by atoms with Gasteiger partial charge in [-0.05, 0) is 49.0 Å². The SMILES string of the molecule is CC(N)c1cccc(S(=O)(=O)NC2CCSCC2)c1. The van der Waals surface area contributed by atoms with E-state index in [1.807, 2.05) is 24.8 Å². The predicted molar refractivity (Wildman–Crippen MR) is 79.7 cm³/mol. The normalized spacial score (nSPS) is 19.3. The summed E-state index contributed by atoms with van der Waals surface area (Å²) < 4.78 is 27.4. The van der Waals surface area contributed by atoms with Gasteiger partial charge >= 0.3 is 0 Å². The van der Waals surface area contributed by atoms with Crippen LogP contribution in [-0.4, -0.2) is 26.0 Å². The van der Waals surface area contributed by atoms with Crippen molar-refractivity contribution in [2.45, 2.75) is 36.7 Å². The van der Waals surface area contributed by atoms with Gasteiger partial charge in [0.05, 0.1) is 4.90 Å². The summed E-state index contributed by atoms with van der Waals surface area (Å²) in [5.41, 5.74) is 6.63. The molecule has 6 heteroatoms. The predicted octanol–water partition coefficient (Wildman–Crippen LogP) is 1.88. The molecular weight excluding hydrogens is 280 g/mol. The van der Waals surface area contributed by atoms with Crippen LogP contribution in [0, 0.1) is 0 Å². The third-order valence-electron chi connectivity index (χ3n) is 3.24. The van der Waals surface area contributed by atoms with Crippen molar-refractivity contribution >= 4 is 21.8 Å². The number of rotatable bonds is 4. The van der Waals surface area contributed by atoms with E-state index in [2.05, 4.69) is 4.72 Å². The summed E-state index contributed by atoms with van der Waals surface area (Å²) in [5, 5.41) is 0. The Bertz CT molecular complexity index is 523. The van der Waals surface area contributed by atoms with Crippen LogP contribution < -0.4 is 10.5 Å². The fourth-order valence-corrected chi connectivity index (χ4v) is 4.53. The molecule has 1 aromatic rings. The maximum atomic E-state index is 12.3. The van der Waals surface area contributed by atoms with Crippen LogP contribution in [-0.2, 0) is 10.0 Å². The number of sulfonamides is 1. The Hall–Kier alpha value is -0.560. The highest BCUT2D eigenvalue weighted by atomic mass is 32.2. The van der Waals surface area contributed by atoms with Crippen molar-refractivity contribution in [2.24, 2.45) is 5.73 Å². The number of benzene rings is 1. The largest absolute Gasteiger partial charge is 0.324 e. The zero-order valence-corrected chi connectivity index (χ0v) is 12.6. The van der Waals surface area contributed by atoms with E-state index >= 15 is 0 Å². The maximum Gasteiger partial charge on any atom is 0.240 e. The van der Waals surface area contributed by atoms with Gasteiger partial charge in [0.15, 0.2) is 0 Å². The Morgan fingerprint density at radius 1 is 1.37 bits per heavy atom. The third-order valence-corrected chi connectivity index (χ3v) is 5.80. The Labute approximate surface area is 119 Å². The highest BCUT2D eigenvalue weighted by Gasteiger charge is 2.22. The smallest absolute Gasteiger partial charge is 0.240 e. The van der Waals surface area contributed by atoms with E-state index in [4.69, 9.17) is 5.73 Å². The van der Waals surface area contributed by atoms with E-state index in [-0.39, 0.29) is 12.1 Å². The molecule has 0 saturated carbocycles. The van der Waals surface area contributed by atoms with Gasteiger partial charge in [0, 0.05) is 12.1 Å². The van der Waals surface area contributed by atoms with E-state index in [0.717, 1.165) is 29.9 Å². The van der Waals surface area contributed by atoms with E-state index in [0.29, 0.717) is 4.90 Å². The van der Waals surface area contributed by atoms with Crippen molar-refractivity contribution in [3.63, 3.8) is 0 Å². The summed E-state index contributed by atoms with van der Waals surface area (Å²) in [4.78, 5) is 0.306. The second kappa shape index (κ2) is 6.26. The molecule has 0 bridgehead atoms. The molecule has 1 aromatic carbocycles. The fourth-order valence-electron chi connectivity index (χ4n) is 2.07. The molecule has 1 unspecified atom stereocenters. The quantitative estimate of drug-likeness (QED) is 0.890. The van der Waals surface area contributed by atoms with Crippen LogP contribution in [0.15, 0.2) is 29.2 Å². The first-order valence-electron chi connectivity index (χ1n) is 6.44. The van der Waals surface area contributed by atoms with Crippen LogP contribution >= 0.6 is 11.8 Å². The second-order valence-corrected chi connectivity index (χ2v) is 7.81. The number of thioether (sulfide) groups is 1. The molecule has 0 amide bonds. The monoisotopic (exact) mass is 300 g/mol. The Morgan fingerprint density at radius 3 is 2.68 bits per heavy atom. The minimum Gasteiger partial charge on any atom is -0.324 e. The summed E-state index contributed by atoms with van der Waals surface area (Å²) in [6.07, 6.45) is 1.80. The summed E-state index contributed by atoms with van der Waals surface area (Å²) in [6, 6.07) is 6.76. The van der Waals surface area contributed by atoms with E-state index in [1.54, 1.807) is 18.2 Å². The lowest BCUT2D eigenvalue weighted by Crippen LogP contribution is -2.37. The van der Waals surface area contributed by atoms with Crippen LogP contribution in [0.4, 0.5) is 0 Å². The van der Waals surface area contributed by atoms with Gasteiger partial charge in [-0.15, -0.1) is 0 Å². The highest BCUT2D eigenvalue weighted by molar-refractivity contribution is 7.99. The Morgan fingerprint density at radius 2 is 2.05 bits per heavy atom. The molecular formula is C13H20N2O2S2. The maximum absolute atomic E-state index is 12.3. The van der Waals surface area contributed by atoms with E-state index < -0.39 is 10.0 Å². The lowest BCUT2D eigenvalue weighted by Gasteiger charge is -2.22. The molecule has 3 N–H and O–H groups in total. The minimum atomic E-state index is -3.43. The number of nitrogens with two attached hydrogens (primary N) is 1. The lowest BCUT2D eigenvalue weighted by atomic mass is 10.1. The third kappa shape index (κ3) is 3.95. The van der Waals surface area contributed by atoms with Gasteiger partial charge < -0.3 is 5.73 Å². The van der Waals surface area contributed by atoms with Gasteiger partial charge in [-0.25, -0.2) is 13.1 Å². The molecule has 4 nitrogen and oxygen atoms in total. The molecule has 0 aromatic heterocycles. The van der Waals surface area contributed by atoms with Gasteiger partial charge in [0.2, 0.25) is 10.0 Å². The number of hydrogen-bond acceptors (Lipinski definition) is 4. The minimum absolute atomic E-state index is 0.0604. The molecule has 1 fully saturated rings. The van der Waals surface area contributed by atoms with E-state index in [9.17, 15) is 8.42 Å². The van der Waals surface area contributed by atoms with Crippen LogP contribution in [0.3, 0.4) is 0 Å². The first-order chi connectivity index (χ1) is 8.99. The van der Waals surface area contributed by atoms with Gasteiger partial charge in [-0.1, -0.05) is 12.1 Å². The zero-order chi connectivity index (χ0) is 13.9. The van der Waals surface area contributed by atoms with Crippen molar-refractivity contribution in [1.82, 2.24) is 4.72 Å². The summed E-state index contributed by atoms with van der Waals surface area (Å²) in [7, 11) is -3.43. The standard InChI is InChI=1S/C13H20N2O2S2/c1-10(14)11-3-2-4-13(9-11)19(16,17)15-12-5-7-18-8-6-12/h2-4,9-10,12,15H,5-8,14H2,1H3. The summed E-state index contributed by atoms with van der Waals surface area (Å²) >= 11 is 1.88. The Balaban J connectivity index is 2.16. The summed E-state index contributed by atoms with van der Waals surface area (Å²) in [5.74, 6) is 2.04. The average molecular weight is 300 g/mol. The molecule has 19 heavy (non-hydrogen) atoms. The molecule has 2 rings (SSSR count). The van der Waals surface area contributed by atoms with Gasteiger partial charge in [0.1, 0.15) is 0 Å². The van der Waals surface area contributed by atoms with Gasteiger partial charge in [0.25, 0.3) is 0 Å². The topological polar surface area (TPSA) is 72.2 Å². The average Bonchev–Trinajstić information content (AvgIpc) is 2.39. The summed E-state index contributed by atoms with van der Waals surface area (Å²) in [6.45, 7) is 1.84. The van der Waals surface area contributed by atoms with Crippen LogP contribution in [0.25, 0.3) is 0 Å². The first-order valence-corrected chi connectivity index (χ1v) is 9.08. The zero-order valence-electron chi connectivity index (χ0n) is 11.0. The van der Waals surface area contributed by atoms with Crippen molar-refractivity contribution in [3.05, 3.63) is 29.8 Å². The number of nitrogens with one attached hydrogen (secondary N) is 1. The molecule has 1 heterocycles. The molecule has 106 valence electrons. The fraction of sp³-hybridized carbons (Fsp3) is 0.538. The van der Waals surface area contributed by atoms with Crippen molar-refractivity contribution in [3.8, 4) is 0 Å². The molecule has 0 radical (unpaired) electrons. The van der Waals surface area contributed by atoms with Crippen molar-refractivity contribution in [2.75, 3.05) is 11.5 Å². The highest BCUT2D eigenvalue weighted by Crippen LogP contribution is 2.20. The van der Waals surface area contributed by atoms with E-state index in [1.165, 1.54) is 0 Å². The lowest BCUT2D eigenvalue weighted by molar-refractivity contribution is 0.528. The van der Waals surface area contributed by atoms with Gasteiger partial charge in [-0.3, -0.25) is 0 Å². The molecule has 0 aliphatic carbocycles. The van der Waals surface area contributed by atoms with Crippen LogP contribution in [0.1, 0.15) is 31.4 Å². The molecule has 1 atom stereocenters. The molecule has 1 aliphatic heterocycles. The Kier molecular flexibility index (Phi) is 4.89. The molecule has 1 aliphatic rings. The first kappa shape index (κ1) is 14.8. The molecule has 1 saturated heterocycles. The second-order valence-electron chi connectivity index (χ2n) is 4.87. The van der Waals surface area contributed by atoms with Crippen LogP contribution in [0.2, 0.25) is 0 Å². The van der Waals surface area contributed by atoms with Crippen molar-refractivity contribution < 1.29 is 8.42 Å². The van der Waals surface area contributed by atoms with Crippen LogP contribution in [0.5, 0.6) is 0 Å². The molecule has 0 spiro atoms. The number of hydrogen-bond donors (Lipinski definition) is 2.